The molecule has 0 saturated heterocycles. The van der Waals surface area contributed by atoms with Crippen LogP contribution in [-0.2, 0) is 20.7 Å². The second kappa shape index (κ2) is 4.35. The highest BCUT2D eigenvalue weighted by atomic mass is 16.5. The van der Waals surface area contributed by atoms with E-state index in [1.807, 2.05) is 6.07 Å². The van der Waals surface area contributed by atoms with Crippen LogP contribution >= 0.6 is 0 Å². The Morgan fingerprint density at radius 1 is 1.56 bits per heavy atom. The van der Waals surface area contributed by atoms with Crippen LogP contribution in [0.4, 0.5) is 5.69 Å². The van der Waals surface area contributed by atoms with E-state index < -0.39 is 5.97 Å². The molecule has 1 aromatic carbocycles. The molecule has 0 saturated carbocycles. The minimum absolute atomic E-state index is 0.0215. The number of aryl methyl sites for hydroxylation is 1. The van der Waals surface area contributed by atoms with Crippen molar-refractivity contribution in [2.24, 2.45) is 0 Å². The van der Waals surface area contributed by atoms with Gasteiger partial charge in [-0.15, -0.1) is 0 Å². The summed E-state index contributed by atoms with van der Waals surface area (Å²) in [6.45, 7) is -0.0215. The number of carbonyl (C=O) groups excluding carboxylic acids is 2. The van der Waals surface area contributed by atoms with Gasteiger partial charge in [-0.3, -0.25) is 9.59 Å². The molecule has 1 aromatic rings. The van der Waals surface area contributed by atoms with Crippen molar-refractivity contribution in [3.8, 4) is 0 Å². The summed E-state index contributed by atoms with van der Waals surface area (Å²) in [5.74, 6) is -0.446. The molecular formula is C12H12NO3. The summed E-state index contributed by atoms with van der Waals surface area (Å²) in [6.07, 6.45) is 1.14. The van der Waals surface area contributed by atoms with Gasteiger partial charge in [0, 0.05) is 12.1 Å². The Balaban J connectivity index is 2.29. The monoisotopic (exact) mass is 218 g/mol. The van der Waals surface area contributed by atoms with E-state index in [0.29, 0.717) is 12.8 Å². The molecule has 0 fully saturated rings. The van der Waals surface area contributed by atoms with Crippen molar-refractivity contribution in [3.63, 3.8) is 0 Å². The van der Waals surface area contributed by atoms with Crippen LogP contribution in [0, 0.1) is 6.07 Å². The number of anilines is 1. The van der Waals surface area contributed by atoms with Gasteiger partial charge in [-0.25, -0.2) is 0 Å². The number of fused-ring (bicyclic) bond motifs is 1. The lowest BCUT2D eigenvalue weighted by atomic mass is 10.0. The van der Waals surface area contributed by atoms with Crippen molar-refractivity contribution in [3.05, 3.63) is 29.8 Å². The smallest absolute Gasteiger partial charge is 0.325 e. The number of carbonyl (C=O) groups is 2. The molecule has 0 aliphatic carbocycles. The first kappa shape index (κ1) is 10.7. The Bertz CT molecular complexity index is 428. The number of methoxy groups -OCH3 is 1. The molecule has 1 aliphatic rings. The second-order valence-electron chi connectivity index (χ2n) is 3.61. The van der Waals surface area contributed by atoms with E-state index in [1.165, 1.54) is 12.0 Å². The van der Waals surface area contributed by atoms with Crippen LogP contribution < -0.4 is 4.90 Å². The average molecular weight is 218 g/mol. The highest BCUT2D eigenvalue weighted by Gasteiger charge is 2.25. The minimum Gasteiger partial charge on any atom is -0.468 e. The average Bonchev–Trinajstić information content (AvgIpc) is 2.32. The third-order valence-corrected chi connectivity index (χ3v) is 2.64. The fourth-order valence-corrected chi connectivity index (χ4v) is 1.80. The van der Waals surface area contributed by atoms with Gasteiger partial charge in [0.1, 0.15) is 6.54 Å². The summed E-state index contributed by atoms with van der Waals surface area (Å²) in [5.41, 5.74) is 1.84. The fraction of sp³-hybridized carbons (Fsp3) is 0.333. The first-order chi connectivity index (χ1) is 7.72. The van der Waals surface area contributed by atoms with Crippen molar-refractivity contribution < 1.29 is 14.3 Å². The van der Waals surface area contributed by atoms with E-state index in [1.54, 1.807) is 12.1 Å². The van der Waals surface area contributed by atoms with Gasteiger partial charge in [0.15, 0.2) is 0 Å². The molecule has 4 heteroatoms. The molecule has 1 amide bonds. The van der Waals surface area contributed by atoms with Crippen molar-refractivity contribution in [1.29, 1.82) is 0 Å². The number of amides is 1. The van der Waals surface area contributed by atoms with Crippen LogP contribution in [0.25, 0.3) is 0 Å². The standard InChI is InChI=1S/C12H12NO3/c1-16-12(15)8-13-10-5-3-2-4-9(10)6-7-11(13)14/h3-5H,6-8H2,1H3. The predicted octanol–water partition coefficient (Wildman–Crippen LogP) is 0.939. The van der Waals surface area contributed by atoms with Crippen molar-refractivity contribution >= 4 is 17.6 Å². The van der Waals surface area contributed by atoms with Gasteiger partial charge in [0.25, 0.3) is 0 Å². The number of ether oxygens (including phenoxy) is 1. The minimum atomic E-state index is -0.408. The number of hydrogen-bond donors (Lipinski definition) is 0. The van der Waals surface area contributed by atoms with E-state index in [4.69, 9.17) is 0 Å². The molecule has 0 spiro atoms. The maximum atomic E-state index is 11.7. The molecule has 1 radical (unpaired) electrons. The summed E-state index contributed by atoms with van der Waals surface area (Å²) in [7, 11) is 1.32. The summed E-state index contributed by atoms with van der Waals surface area (Å²) in [5, 5.41) is 0. The lowest BCUT2D eigenvalue weighted by Gasteiger charge is -2.28. The molecule has 4 nitrogen and oxygen atoms in total. The zero-order chi connectivity index (χ0) is 11.5. The summed E-state index contributed by atoms with van der Waals surface area (Å²) in [6, 6.07) is 8.36. The van der Waals surface area contributed by atoms with Crippen molar-refractivity contribution in [1.82, 2.24) is 0 Å². The number of esters is 1. The Labute approximate surface area is 93.8 Å². The van der Waals surface area contributed by atoms with Crippen LogP contribution in [0.1, 0.15) is 12.0 Å². The van der Waals surface area contributed by atoms with Crippen LogP contribution in [0.2, 0.25) is 0 Å². The molecule has 1 heterocycles. The molecule has 83 valence electrons. The van der Waals surface area contributed by atoms with Crippen LogP contribution in [0.5, 0.6) is 0 Å². The van der Waals surface area contributed by atoms with E-state index >= 15 is 0 Å². The molecule has 0 N–H and O–H groups in total. The van der Waals surface area contributed by atoms with Crippen molar-refractivity contribution in [2.75, 3.05) is 18.6 Å². The highest BCUT2D eigenvalue weighted by molar-refractivity contribution is 6.00. The molecule has 0 atom stereocenters. The lowest BCUT2D eigenvalue weighted by Crippen LogP contribution is -2.39. The second-order valence-corrected chi connectivity index (χ2v) is 3.61. The van der Waals surface area contributed by atoms with E-state index in [9.17, 15) is 9.59 Å². The molecule has 1 aliphatic heterocycles. The van der Waals surface area contributed by atoms with Crippen LogP contribution in [0.15, 0.2) is 18.2 Å². The third kappa shape index (κ3) is 1.91. The van der Waals surface area contributed by atoms with Gasteiger partial charge in [-0.05, 0) is 30.2 Å². The first-order valence-electron chi connectivity index (χ1n) is 5.08. The number of hydrogen-bond acceptors (Lipinski definition) is 3. The Kier molecular flexibility index (Phi) is 2.90. The molecule has 0 unspecified atom stereocenters. The maximum absolute atomic E-state index is 11.7. The molecule has 16 heavy (non-hydrogen) atoms. The lowest BCUT2D eigenvalue weighted by molar-refractivity contribution is -0.140. The van der Waals surface area contributed by atoms with Gasteiger partial charge in [-0.1, -0.05) is 6.07 Å². The quantitative estimate of drug-likeness (QED) is 0.694. The zero-order valence-electron chi connectivity index (χ0n) is 9.03. The molecular weight excluding hydrogens is 206 g/mol. The van der Waals surface area contributed by atoms with Gasteiger partial charge in [-0.2, -0.15) is 0 Å². The summed E-state index contributed by atoms with van der Waals surface area (Å²) in [4.78, 5) is 24.4. The normalized spacial score (nSPS) is 14.6. The number of rotatable bonds is 2. The number of benzene rings is 1. The van der Waals surface area contributed by atoms with E-state index in [-0.39, 0.29) is 12.5 Å². The largest absolute Gasteiger partial charge is 0.468 e. The Morgan fingerprint density at radius 2 is 2.38 bits per heavy atom. The SMILES string of the molecule is COC(=O)CN1C(=O)CCc2c[c]ccc21. The van der Waals surface area contributed by atoms with Crippen LogP contribution in [0.3, 0.4) is 0 Å². The summed E-state index contributed by atoms with van der Waals surface area (Å²) >= 11 is 0. The van der Waals surface area contributed by atoms with Gasteiger partial charge >= 0.3 is 5.97 Å². The van der Waals surface area contributed by atoms with E-state index in [2.05, 4.69) is 10.8 Å². The highest BCUT2D eigenvalue weighted by Crippen LogP contribution is 2.26. The molecule has 2 rings (SSSR count). The fourth-order valence-electron chi connectivity index (χ4n) is 1.80. The number of nitrogens with zero attached hydrogens (tertiary/aromatic N) is 1. The topological polar surface area (TPSA) is 46.6 Å². The molecule has 0 bridgehead atoms. The third-order valence-electron chi connectivity index (χ3n) is 2.64. The van der Waals surface area contributed by atoms with Gasteiger partial charge in [0.05, 0.1) is 7.11 Å². The Morgan fingerprint density at radius 3 is 3.12 bits per heavy atom. The summed E-state index contributed by atoms with van der Waals surface area (Å²) < 4.78 is 4.58. The van der Waals surface area contributed by atoms with Crippen LogP contribution in [-0.4, -0.2) is 25.5 Å². The van der Waals surface area contributed by atoms with Gasteiger partial charge in [0.2, 0.25) is 5.91 Å². The first-order valence-corrected chi connectivity index (χ1v) is 5.08. The van der Waals surface area contributed by atoms with Gasteiger partial charge < -0.3 is 9.64 Å². The molecule has 0 aromatic heterocycles. The van der Waals surface area contributed by atoms with Crippen molar-refractivity contribution in [2.45, 2.75) is 12.8 Å². The zero-order valence-corrected chi connectivity index (χ0v) is 9.03. The Hall–Kier alpha value is -1.84. The predicted molar refractivity (Wildman–Crippen MR) is 58.0 cm³/mol. The van der Waals surface area contributed by atoms with E-state index in [0.717, 1.165) is 11.3 Å². The maximum Gasteiger partial charge on any atom is 0.325 e.